The molecule has 404 valence electrons. The Morgan fingerprint density at radius 1 is 1.08 bits per heavy atom. The highest BCUT2D eigenvalue weighted by atomic mass is 19.4. The zero-order chi connectivity index (χ0) is 55.0. The van der Waals surface area contributed by atoms with Crippen molar-refractivity contribution in [1.29, 1.82) is 5.26 Å². The molecule has 5 aliphatic rings. The zero-order valence-corrected chi connectivity index (χ0v) is 42.4. The van der Waals surface area contributed by atoms with E-state index in [1.54, 1.807) is 17.9 Å². The van der Waals surface area contributed by atoms with Gasteiger partial charge in [0, 0.05) is 65.8 Å². The van der Waals surface area contributed by atoms with Gasteiger partial charge in [0.15, 0.2) is 11.4 Å². The average molecular weight is 1070 g/mol. The summed E-state index contributed by atoms with van der Waals surface area (Å²) in [7, 11) is 1.96. The number of anilines is 3. The smallest absolute Gasteiger partial charge is 0.417 e. The number of nitrogens with zero attached hydrogens (tertiary/aromatic N) is 8. The first kappa shape index (κ1) is 52.7. The number of fused-ring (bicyclic) bond motifs is 6. The lowest BCUT2D eigenvalue weighted by molar-refractivity contribution is -0.172. The topological polar surface area (TPSA) is 241 Å². The second-order valence-corrected chi connectivity index (χ2v) is 20.0. The van der Waals surface area contributed by atoms with Crippen LogP contribution in [0.15, 0.2) is 47.3 Å². The molecule has 8 heterocycles. The molecule has 0 aliphatic carbocycles. The summed E-state index contributed by atoms with van der Waals surface area (Å²) in [4.78, 5) is 73.1. The molecule has 5 aromatic rings. The number of piperazine rings is 1. The number of cyclic esters (lactones) is 1. The Labute approximate surface area is 437 Å². The molecule has 24 heteroatoms. The van der Waals surface area contributed by atoms with Gasteiger partial charge in [-0.05, 0) is 76.5 Å². The Balaban J connectivity index is 0.840. The summed E-state index contributed by atoms with van der Waals surface area (Å²) in [5.74, 6) is -3.34. The Hall–Kier alpha value is -7.75. The molecule has 4 N–H and O–H groups in total. The van der Waals surface area contributed by atoms with Crippen LogP contribution in [0.3, 0.4) is 0 Å². The van der Waals surface area contributed by atoms with E-state index in [4.69, 9.17) is 29.7 Å². The molecular formula is C53H53F5N10O9. The normalized spacial score (nSPS) is 21.4. The number of nitrogens with one attached hydrogen (secondary N) is 1. The third kappa shape index (κ3) is 9.43. The van der Waals surface area contributed by atoms with Gasteiger partial charge in [0.05, 0.1) is 88.5 Å². The predicted molar refractivity (Wildman–Crippen MR) is 266 cm³/mol. The van der Waals surface area contributed by atoms with Gasteiger partial charge in [-0.15, -0.1) is 0 Å². The fraction of sp³-hybridized carbons (Fsp3) is 0.434. The van der Waals surface area contributed by atoms with Crippen LogP contribution in [0.4, 0.5) is 43.9 Å². The van der Waals surface area contributed by atoms with Crippen molar-refractivity contribution in [2.75, 3.05) is 55.8 Å². The minimum atomic E-state index is -4.93. The number of ether oxygens (including phenoxy) is 4. The van der Waals surface area contributed by atoms with Crippen molar-refractivity contribution < 1.29 is 60.4 Å². The predicted octanol–water partition coefficient (Wildman–Crippen LogP) is 6.47. The Morgan fingerprint density at radius 3 is 2.57 bits per heavy atom. The van der Waals surface area contributed by atoms with E-state index in [1.165, 1.54) is 35.4 Å². The number of likely N-dealkylation sites (tertiary alicyclic amines) is 1. The molecule has 3 aromatic heterocycles. The number of aromatic nitrogens is 4. The van der Waals surface area contributed by atoms with Gasteiger partial charge >= 0.3 is 24.2 Å². The number of alkyl halides is 3. The number of carbonyl (C=O) groups is 3. The SMILES string of the molecule is C=C(C(=O)N1CCN(c2nc(OCC3CCCN3C)nc3c2COC(c2c(F)c(N)cc(C)c2C(F)(F)F)C3)CC1CC#N)C(C)OC(=O)Nc1cc2cc3c(nc2cc1F)-c1cc2c(c(=O)n1C3)COC(=O)C2(O)CC. The number of aliphatic hydroxyl groups is 1. The highest BCUT2D eigenvalue weighted by Crippen LogP contribution is 2.45. The lowest BCUT2D eigenvalue weighted by Crippen LogP contribution is -2.56. The van der Waals surface area contributed by atoms with E-state index < -0.39 is 82.0 Å². The maximum absolute atomic E-state index is 15.7. The molecule has 5 aliphatic heterocycles. The van der Waals surface area contributed by atoms with Crippen LogP contribution in [0, 0.1) is 29.9 Å². The van der Waals surface area contributed by atoms with E-state index in [0.717, 1.165) is 31.5 Å². The summed E-state index contributed by atoms with van der Waals surface area (Å²) in [5.41, 5.74) is 2.63. The third-order valence-electron chi connectivity index (χ3n) is 15.3. The van der Waals surface area contributed by atoms with Crippen LogP contribution < -0.4 is 26.2 Å². The number of benzene rings is 2. The number of hydrogen-bond acceptors (Lipinski definition) is 16. The first-order valence-corrected chi connectivity index (χ1v) is 25.0. The number of amides is 2. The summed E-state index contributed by atoms with van der Waals surface area (Å²) in [6.07, 6.45) is -7.43. The van der Waals surface area contributed by atoms with E-state index >= 15 is 8.78 Å². The van der Waals surface area contributed by atoms with Crippen molar-refractivity contribution in [2.24, 2.45) is 0 Å². The first-order valence-electron chi connectivity index (χ1n) is 25.0. The molecule has 0 radical (unpaired) electrons. The van der Waals surface area contributed by atoms with Gasteiger partial charge < -0.3 is 49.1 Å². The van der Waals surface area contributed by atoms with E-state index in [1.807, 2.05) is 7.05 Å². The number of aryl methyl sites for hydroxylation is 1. The molecule has 77 heavy (non-hydrogen) atoms. The van der Waals surface area contributed by atoms with Crippen molar-refractivity contribution in [1.82, 2.24) is 29.3 Å². The van der Waals surface area contributed by atoms with Gasteiger partial charge in [-0.25, -0.2) is 23.4 Å². The number of carbonyl (C=O) groups excluding carboxylic acids is 3. The second-order valence-electron chi connectivity index (χ2n) is 20.0. The van der Waals surface area contributed by atoms with E-state index in [2.05, 4.69) is 32.8 Å². The van der Waals surface area contributed by atoms with Gasteiger partial charge in [-0.3, -0.25) is 14.9 Å². The van der Waals surface area contributed by atoms with E-state index in [0.29, 0.717) is 33.7 Å². The van der Waals surface area contributed by atoms with Crippen LogP contribution in [-0.4, -0.2) is 110 Å². The molecule has 5 atom stereocenters. The van der Waals surface area contributed by atoms with Crippen molar-refractivity contribution in [3.05, 3.63) is 109 Å². The number of nitriles is 1. The van der Waals surface area contributed by atoms with Crippen molar-refractivity contribution in [2.45, 2.75) is 109 Å². The van der Waals surface area contributed by atoms with Crippen LogP contribution >= 0.6 is 0 Å². The number of rotatable bonds is 11. The molecule has 5 unspecified atom stereocenters. The van der Waals surface area contributed by atoms with E-state index in [-0.39, 0.29) is 116 Å². The summed E-state index contributed by atoms with van der Waals surface area (Å²) in [5, 5.41) is 24.0. The minimum Gasteiger partial charge on any atom is -0.462 e. The summed E-state index contributed by atoms with van der Waals surface area (Å²) in [6.45, 7) is 8.79. The number of esters is 1. The third-order valence-corrected chi connectivity index (χ3v) is 15.3. The number of nitrogens with two attached hydrogens (primary N) is 1. The molecule has 0 spiro atoms. The number of hydrogen-bond donors (Lipinski definition) is 3. The van der Waals surface area contributed by atoms with Crippen LogP contribution in [0.2, 0.25) is 0 Å². The Kier molecular flexibility index (Phi) is 13.7. The zero-order valence-electron chi connectivity index (χ0n) is 42.4. The highest BCUT2D eigenvalue weighted by Gasteiger charge is 2.46. The fourth-order valence-electron chi connectivity index (χ4n) is 11.1. The Bertz CT molecular complexity index is 3420. The fourth-order valence-corrected chi connectivity index (χ4v) is 11.1. The second kappa shape index (κ2) is 20.0. The first-order chi connectivity index (χ1) is 36.6. The number of nitrogen functional groups attached to an aromatic ring is 1. The number of halogens is 5. The molecule has 19 nitrogen and oxygen atoms in total. The molecule has 0 saturated carbocycles. The quantitative estimate of drug-likeness (QED) is 0.0545. The molecule has 2 amide bonds. The minimum absolute atomic E-state index is 0.00822. The van der Waals surface area contributed by atoms with Gasteiger partial charge in [0.1, 0.15) is 31.0 Å². The van der Waals surface area contributed by atoms with Crippen molar-refractivity contribution in [3.8, 4) is 23.5 Å². The summed E-state index contributed by atoms with van der Waals surface area (Å²) >= 11 is 0. The van der Waals surface area contributed by atoms with Gasteiger partial charge in [0.25, 0.3) is 11.5 Å². The van der Waals surface area contributed by atoms with Gasteiger partial charge in [-0.1, -0.05) is 13.5 Å². The molecular weight excluding hydrogens is 1020 g/mol. The van der Waals surface area contributed by atoms with Gasteiger partial charge in [-0.2, -0.15) is 28.4 Å². The standard InChI is InChI=1S/C53H53F5N10O9/c1-6-52(73)34-17-40-45-29(20-68(40)48(70)32(34)23-75-49(52)71)15-28-16-39(35(54)18-37(28)61-45)63-51(72)77-27(4)26(3)47(69)67-13-12-66(21-30(67)9-10-59)46-33-24-74-41(42-43(53(56,57)58)25(2)14-36(60)44(42)55)19-38(33)62-50(64-46)76-22-31-8-7-11-65(31)5/h14-18,27,30-31,41,73H,3,6-9,11-13,19-24,60H2,1-2,4-5H3,(H,63,72). The van der Waals surface area contributed by atoms with Crippen molar-refractivity contribution >= 4 is 46.1 Å². The van der Waals surface area contributed by atoms with Crippen LogP contribution in [0.5, 0.6) is 6.01 Å². The van der Waals surface area contributed by atoms with Crippen LogP contribution in [-0.2, 0) is 61.8 Å². The molecule has 2 aromatic carbocycles. The maximum atomic E-state index is 15.7. The maximum Gasteiger partial charge on any atom is 0.417 e. The molecule has 0 bridgehead atoms. The van der Waals surface area contributed by atoms with Crippen LogP contribution in [0.1, 0.15) is 90.3 Å². The summed E-state index contributed by atoms with van der Waals surface area (Å²) < 4.78 is 99.1. The lowest BCUT2D eigenvalue weighted by atomic mass is 9.86. The number of pyridine rings is 2. The van der Waals surface area contributed by atoms with Gasteiger partial charge in [0.2, 0.25) is 0 Å². The Morgan fingerprint density at radius 2 is 1.86 bits per heavy atom. The molecule has 10 rings (SSSR count). The largest absolute Gasteiger partial charge is 0.462 e. The monoisotopic (exact) mass is 1070 g/mol. The summed E-state index contributed by atoms with van der Waals surface area (Å²) in [6, 6.07) is 7.89. The van der Waals surface area contributed by atoms with Crippen LogP contribution in [0.25, 0.3) is 22.3 Å². The average Bonchev–Trinajstić information content (AvgIpc) is 4.12. The molecule has 2 fully saturated rings. The molecule has 2 saturated heterocycles. The highest BCUT2D eigenvalue weighted by molar-refractivity contribution is 5.96. The van der Waals surface area contributed by atoms with Crippen molar-refractivity contribution in [3.63, 3.8) is 0 Å². The van der Waals surface area contributed by atoms with E-state index in [9.17, 15) is 42.7 Å². The number of likely N-dealkylation sites (N-methyl/N-ethyl adjacent to an activating group) is 1. The lowest BCUT2D eigenvalue weighted by Gasteiger charge is -2.42.